The van der Waals surface area contributed by atoms with E-state index >= 15 is 0 Å². The second-order valence-corrected chi connectivity index (χ2v) is 7.83. The van der Waals surface area contributed by atoms with E-state index in [9.17, 15) is 4.79 Å². The van der Waals surface area contributed by atoms with E-state index in [1.807, 2.05) is 17.2 Å². The zero-order chi connectivity index (χ0) is 17.3. The fraction of sp³-hybridized carbons (Fsp3) is 0.529. The Balaban J connectivity index is 1.24. The van der Waals surface area contributed by atoms with Gasteiger partial charge in [-0.2, -0.15) is 0 Å². The summed E-state index contributed by atoms with van der Waals surface area (Å²) in [5, 5.41) is 6.01. The van der Waals surface area contributed by atoms with Crippen molar-refractivity contribution in [3.8, 4) is 0 Å². The van der Waals surface area contributed by atoms with Crippen LogP contribution in [0.3, 0.4) is 0 Å². The van der Waals surface area contributed by atoms with E-state index in [0.717, 1.165) is 24.4 Å². The van der Waals surface area contributed by atoms with Gasteiger partial charge in [-0.15, -0.1) is 11.3 Å². The molecule has 1 atom stereocenters. The number of ether oxygens (including phenoxy) is 1. The first kappa shape index (κ1) is 16.4. The lowest BCUT2D eigenvalue weighted by Crippen LogP contribution is -2.66. The standard InChI is InChI=1S/C17H21N5O2S/c1-12-21-14(9-25-12)15(23)22-10-17(11-22)4-3-13(8-24-17)7-20-16-18-5-2-6-19-16/h2,5-6,9,13H,3-4,7-8,10-11H2,1H3,(H,18,19,20). The number of amides is 1. The van der Waals surface area contributed by atoms with Crippen molar-refractivity contribution in [1.82, 2.24) is 19.9 Å². The normalized spacial score (nSPS) is 21.8. The first-order valence-electron chi connectivity index (χ1n) is 8.50. The maximum atomic E-state index is 12.4. The summed E-state index contributed by atoms with van der Waals surface area (Å²) in [4.78, 5) is 26.8. The first-order chi connectivity index (χ1) is 12.1. The lowest BCUT2D eigenvalue weighted by atomic mass is 9.83. The number of nitrogens with one attached hydrogen (secondary N) is 1. The van der Waals surface area contributed by atoms with Crippen LogP contribution in [0.1, 0.15) is 28.3 Å². The van der Waals surface area contributed by atoms with Crippen LogP contribution in [0.4, 0.5) is 5.95 Å². The van der Waals surface area contributed by atoms with Gasteiger partial charge in [-0.25, -0.2) is 15.0 Å². The predicted molar refractivity (Wildman–Crippen MR) is 94.7 cm³/mol. The topological polar surface area (TPSA) is 80.2 Å². The van der Waals surface area contributed by atoms with Gasteiger partial charge in [0, 0.05) is 24.3 Å². The second kappa shape index (κ2) is 6.68. The fourth-order valence-corrected chi connectivity index (χ4v) is 3.96. The molecule has 25 heavy (non-hydrogen) atoms. The van der Waals surface area contributed by atoms with Crippen LogP contribution in [0.15, 0.2) is 23.8 Å². The number of carbonyl (C=O) groups is 1. The molecule has 1 unspecified atom stereocenters. The third-order valence-electron chi connectivity index (χ3n) is 4.83. The van der Waals surface area contributed by atoms with E-state index in [2.05, 4.69) is 20.3 Å². The summed E-state index contributed by atoms with van der Waals surface area (Å²) in [5.74, 6) is 1.12. The molecule has 132 valence electrons. The van der Waals surface area contributed by atoms with Crippen LogP contribution in [0.5, 0.6) is 0 Å². The zero-order valence-corrected chi connectivity index (χ0v) is 15.0. The van der Waals surface area contributed by atoms with Crippen molar-refractivity contribution in [2.75, 3.05) is 31.6 Å². The molecule has 0 bridgehead atoms. The van der Waals surface area contributed by atoms with Crippen LogP contribution in [0.25, 0.3) is 0 Å². The fourth-order valence-electron chi connectivity index (χ4n) is 3.37. The molecule has 1 amide bonds. The van der Waals surface area contributed by atoms with Crippen LogP contribution < -0.4 is 5.32 Å². The lowest BCUT2D eigenvalue weighted by Gasteiger charge is -2.52. The molecular formula is C17H21N5O2S. The number of rotatable bonds is 4. The summed E-state index contributed by atoms with van der Waals surface area (Å²) in [6.45, 7) is 4.77. The van der Waals surface area contributed by atoms with Crippen molar-refractivity contribution < 1.29 is 9.53 Å². The van der Waals surface area contributed by atoms with Crippen LogP contribution in [0.2, 0.25) is 0 Å². The maximum absolute atomic E-state index is 12.4. The number of hydrogen-bond acceptors (Lipinski definition) is 7. The quantitative estimate of drug-likeness (QED) is 0.899. The molecule has 1 spiro atoms. The van der Waals surface area contributed by atoms with E-state index < -0.39 is 0 Å². The molecule has 2 saturated heterocycles. The summed E-state index contributed by atoms with van der Waals surface area (Å²) < 4.78 is 6.13. The van der Waals surface area contributed by atoms with Crippen molar-refractivity contribution in [3.63, 3.8) is 0 Å². The van der Waals surface area contributed by atoms with Crippen molar-refractivity contribution in [2.45, 2.75) is 25.4 Å². The molecule has 0 aromatic carbocycles. The monoisotopic (exact) mass is 359 g/mol. The van der Waals surface area contributed by atoms with Gasteiger partial charge >= 0.3 is 0 Å². The third kappa shape index (κ3) is 3.50. The molecule has 0 saturated carbocycles. The average Bonchev–Trinajstić information content (AvgIpc) is 3.05. The van der Waals surface area contributed by atoms with E-state index in [1.165, 1.54) is 11.3 Å². The number of thiazole rings is 1. The third-order valence-corrected chi connectivity index (χ3v) is 5.60. The SMILES string of the molecule is Cc1nc(C(=O)N2CC3(CCC(CNc4ncccn4)CO3)C2)cs1. The largest absolute Gasteiger partial charge is 0.371 e. The number of aryl methyl sites for hydroxylation is 1. The second-order valence-electron chi connectivity index (χ2n) is 6.76. The highest BCUT2D eigenvalue weighted by atomic mass is 32.1. The summed E-state index contributed by atoms with van der Waals surface area (Å²) in [5.41, 5.74) is 0.401. The predicted octanol–water partition coefficient (Wildman–Crippen LogP) is 1.97. The van der Waals surface area contributed by atoms with Crippen molar-refractivity contribution in [3.05, 3.63) is 34.5 Å². The minimum atomic E-state index is -0.152. The Hall–Kier alpha value is -2.06. The molecule has 1 N–H and O–H groups in total. The number of likely N-dealkylation sites (tertiary alicyclic amines) is 1. The molecule has 2 aromatic heterocycles. The minimum absolute atomic E-state index is 0.0172. The highest BCUT2D eigenvalue weighted by Crippen LogP contribution is 2.36. The molecule has 2 fully saturated rings. The van der Waals surface area contributed by atoms with Crippen LogP contribution in [-0.2, 0) is 4.74 Å². The van der Waals surface area contributed by atoms with E-state index in [1.54, 1.807) is 18.5 Å². The van der Waals surface area contributed by atoms with E-state index in [-0.39, 0.29) is 11.5 Å². The number of nitrogens with zero attached hydrogens (tertiary/aromatic N) is 4. The highest BCUT2D eigenvalue weighted by Gasteiger charge is 2.48. The van der Waals surface area contributed by atoms with Gasteiger partial charge in [0.25, 0.3) is 5.91 Å². The number of carbonyl (C=O) groups excluding carboxylic acids is 1. The molecule has 2 aliphatic heterocycles. The number of anilines is 1. The van der Waals surface area contributed by atoms with Gasteiger partial charge in [0.05, 0.1) is 24.7 Å². The molecule has 0 aliphatic carbocycles. The van der Waals surface area contributed by atoms with Gasteiger partial charge in [0.15, 0.2) is 0 Å². The van der Waals surface area contributed by atoms with E-state index in [0.29, 0.717) is 37.3 Å². The Bertz CT molecular complexity index is 735. The summed E-state index contributed by atoms with van der Waals surface area (Å²) >= 11 is 1.51. The molecule has 2 aromatic rings. The van der Waals surface area contributed by atoms with Gasteiger partial charge in [-0.05, 0) is 31.7 Å². The summed E-state index contributed by atoms with van der Waals surface area (Å²) in [6.07, 6.45) is 5.52. The van der Waals surface area contributed by atoms with Crippen molar-refractivity contribution in [1.29, 1.82) is 0 Å². The average molecular weight is 359 g/mol. The zero-order valence-electron chi connectivity index (χ0n) is 14.1. The van der Waals surface area contributed by atoms with E-state index in [4.69, 9.17) is 4.74 Å². The maximum Gasteiger partial charge on any atom is 0.273 e. The molecule has 7 nitrogen and oxygen atoms in total. The summed E-state index contributed by atoms with van der Waals surface area (Å²) in [7, 11) is 0. The lowest BCUT2D eigenvalue weighted by molar-refractivity contribution is -0.165. The smallest absolute Gasteiger partial charge is 0.273 e. The summed E-state index contributed by atoms with van der Waals surface area (Å²) in [6, 6.07) is 1.80. The molecule has 0 radical (unpaired) electrons. The molecular weight excluding hydrogens is 338 g/mol. The van der Waals surface area contributed by atoms with Gasteiger partial charge in [-0.3, -0.25) is 4.79 Å². The van der Waals surface area contributed by atoms with Crippen LogP contribution in [-0.4, -0.2) is 57.6 Å². The van der Waals surface area contributed by atoms with Crippen molar-refractivity contribution in [2.24, 2.45) is 5.92 Å². The Morgan fingerprint density at radius 3 is 2.88 bits per heavy atom. The van der Waals surface area contributed by atoms with Crippen LogP contribution >= 0.6 is 11.3 Å². The Kier molecular flexibility index (Phi) is 4.39. The Labute approximate surface area is 150 Å². The Morgan fingerprint density at radius 2 is 2.24 bits per heavy atom. The molecule has 4 heterocycles. The van der Waals surface area contributed by atoms with Crippen molar-refractivity contribution >= 4 is 23.2 Å². The van der Waals surface area contributed by atoms with Gasteiger partial charge in [-0.1, -0.05) is 0 Å². The number of hydrogen-bond donors (Lipinski definition) is 1. The number of aromatic nitrogens is 3. The highest BCUT2D eigenvalue weighted by molar-refractivity contribution is 7.09. The molecule has 2 aliphatic rings. The molecule has 8 heteroatoms. The molecule has 4 rings (SSSR count). The minimum Gasteiger partial charge on any atom is -0.371 e. The first-order valence-corrected chi connectivity index (χ1v) is 9.38. The van der Waals surface area contributed by atoms with Crippen LogP contribution in [0, 0.1) is 12.8 Å². The van der Waals surface area contributed by atoms with Gasteiger partial charge < -0.3 is 15.0 Å². The van der Waals surface area contributed by atoms with Gasteiger partial charge in [0.2, 0.25) is 5.95 Å². The Morgan fingerprint density at radius 1 is 1.44 bits per heavy atom. The van der Waals surface area contributed by atoms with Gasteiger partial charge in [0.1, 0.15) is 11.3 Å².